The molecule has 0 aliphatic heterocycles. The highest BCUT2D eigenvalue weighted by Gasteiger charge is 2.24. The second-order valence-corrected chi connectivity index (χ2v) is 5.80. The second kappa shape index (κ2) is 8.21. The van der Waals surface area contributed by atoms with Crippen molar-refractivity contribution in [3.05, 3.63) is 91.2 Å². The van der Waals surface area contributed by atoms with E-state index in [0.29, 0.717) is 24.4 Å². The van der Waals surface area contributed by atoms with Crippen LogP contribution in [0.5, 0.6) is 5.75 Å². The number of ether oxygens (including phenoxy) is 1. The lowest BCUT2D eigenvalue weighted by atomic mass is 10.1. The van der Waals surface area contributed by atoms with E-state index in [1.807, 2.05) is 54.6 Å². The third-order valence-corrected chi connectivity index (χ3v) is 4.01. The lowest BCUT2D eigenvalue weighted by Gasteiger charge is -2.18. The molecule has 0 spiro atoms. The number of hydrogen-bond donors (Lipinski definition) is 0. The number of nitrogens with zero attached hydrogens (tertiary/aromatic N) is 1. The molecule has 0 unspecified atom stereocenters. The Kier molecular flexibility index (Phi) is 5.54. The Morgan fingerprint density at radius 1 is 1.00 bits per heavy atom. The zero-order valence-electron chi connectivity index (χ0n) is 14.6. The zero-order chi connectivity index (χ0) is 18.4. The van der Waals surface area contributed by atoms with E-state index in [4.69, 9.17) is 9.15 Å². The van der Waals surface area contributed by atoms with Gasteiger partial charge in [0.1, 0.15) is 17.9 Å². The van der Waals surface area contributed by atoms with Gasteiger partial charge in [0.2, 0.25) is 0 Å². The molecule has 1 heterocycles. The molecule has 0 fully saturated rings. The van der Waals surface area contributed by atoms with Gasteiger partial charge in [0.25, 0.3) is 5.91 Å². The third-order valence-electron chi connectivity index (χ3n) is 4.01. The molecule has 0 radical (unpaired) electrons. The average Bonchev–Trinajstić information content (AvgIpc) is 3.05. The highest BCUT2D eigenvalue weighted by atomic mass is 16.5. The van der Waals surface area contributed by atoms with E-state index in [-0.39, 0.29) is 12.5 Å². The minimum absolute atomic E-state index is 0.201. The maximum absolute atomic E-state index is 13.0. The summed E-state index contributed by atoms with van der Waals surface area (Å²) < 4.78 is 11.8. The summed E-state index contributed by atoms with van der Waals surface area (Å²) in [5, 5.41) is 0.879. The molecule has 0 bridgehead atoms. The molecule has 0 saturated carbocycles. The molecular weight excluding hydrogens is 326 g/mol. The molecule has 0 saturated heterocycles. The van der Waals surface area contributed by atoms with Crippen molar-refractivity contribution in [3.63, 3.8) is 0 Å². The first kappa shape index (κ1) is 17.5. The number of benzene rings is 2. The van der Waals surface area contributed by atoms with E-state index < -0.39 is 0 Å². The maximum Gasteiger partial charge on any atom is 0.290 e. The van der Waals surface area contributed by atoms with Crippen molar-refractivity contribution in [2.75, 3.05) is 13.1 Å². The van der Waals surface area contributed by atoms with Crippen molar-refractivity contribution in [2.45, 2.75) is 6.61 Å². The summed E-state index contributed by atoms with van der Waals surface area (Å²) in [6.07, 6.45) is 3.37. The van der Waals surface area contributed by atoms with Gasteiger partial charge >= 0.3 is 0 Å². The molecule has 4 heteroatoms. The molecule has 2 aromatic carbocycles. The van der Waals surface area contributed by atoms with E-state index in [2.05, 4.69) is 13.2 Å². The van der Waals surface area contributed by atoms with Crippen LogP contribution in [0.25, 0.3) is 11.0 Å². The van der Waals surface area contributed by atoms with Crippen LogP contribution in [0.15, 0.2) is 84.3 Å². The van der Waals surface area contributed by atoms with Gasteiger partial charge in [0.05, 0.1) is 0 Å². The van der Waals surface area contributed by atoms with Crippen LogP contribution in [0.4, 0.5) is 0 Å². The van der Waals surface area contributed by atoms with Crippen LogP contribution in [0.1, 0.15) is 16.1 Å². The van der Waals surface area contributed by atoms with Gasteiger partial charge in [0.15, 0.2) is 5.76 Å². The number of hydrogen-bond acceptors (Lipinski definition) is 3. The topological polar surface area (TPSA) is 42.7 Å². The Morgan fingerprint density at radius 2 is 1.65 bits per heavy atom. The lowest BCUT2D eigenvalue weighted by Crippen LogP contribution is -2.31. The lowest BCUT2D eigenvalue weighted by molar-refractivity contribution is 0.0758. The first-order valence-corrected chi connectivity index (χ1v) is 8.44. The second-order valence-electron chi connectivity index (χ2n) is 5.80. The van der Waals surface area contributed by atoms with Crippen LogP contribution in [0, 0.1) is 0 Å². The predicted molar refractivity (Wildman–Crippen MR) is 103 cm³/mol. The number of carbonyl (C=O) groups excluding carboxylic acids is 1. The summed E-state index contributed by atoms with van der Waals surface area (Å²) in [5.74, 6) is 0.837. The molecule has 1 amide bonds. The van der Waals surface area contributed by atoms with Crippen LogP contribution >= 0.6 is 0 Å². The molecule has 0 atom stereocenters. The van der Waals surface area contributed by atoms with Crippen LogP contribution in [0.3, 0.4) is 0 Å². The Labute approximate surface area is 153 Å². The van der Waals surface area contributed by atoms with Crippen LogP contribution in [0.2, 0.25) is 0 Å². The predicted octanol–water partition coefficient (Wildman–Crippen LogP) is 4.83. The van der Waals surface area contributed by atoms with Crippen LogP contribution in [-0.4, -0.2) is 23.9 Å². The number of furan rings is 1. The van der Waals surface area contributed by atoms with E-state index in [1.54, 1.807) is 17.1 Å². The molecular formula is C22H21NO3. The Bertz CT molecular complexity index is 902. The number of carbonyl (C=O) groups is 1. The minimum Gasteiger partial charge on any atom is -0.489 e. The molecule has 3 rings (SSSR count). The molecule has 132 valence electrons. The zero-order valence-corrected chi connectivity index (χ0v) is 14.6. The van der Waals surface area contributed by atoms with Crippen molar-refractivity contribution < 1.29 is 13.9 Å². The summed E-state index contributed by atoms with van der Waals surface area (Å²) in [5.41, 5.74) is 1.41. The number of para-hydroxylation sites is 2. The molecule has 4 nitrogen and oxygen atoms in total. The van der Waals surface area contributed by atoms with Crippen LogP contribution < -0.4 is 4.74 Å². The molecule has 0 aliphatic carbocycles. The highest BCUT2D eigenvalue weighted by molar-refractivity contribution is 5.99. The van der Waals surface area contributed by atoms with E-state index >= 15 is 0 Å². The third kappa shape index (κ3) is 3.70. The van der Waals surface area contributed by atoms with Crippen molar-refractivity contribution in [3.8, 4) is 5.75 Å². The average molecular weight is 347 g/mol. The van der Waals surface area contributed by atoms with E-state index in [1.165, 1.54) is 0 Å². The van der Waals surface area contributed by atoms with Gasteiger partial charge in [-0.15, -0.1) is 13.2 Å². The quantitative estimate of drug-likeness (QED) is 0.548. The van der Waals surface area contributed by atoms with Crippen LogP contribution in [-0.2, 0) is 6.61 Å². The van der Waals surface area contributed by atoms with Gasteiger partial charge < -0.3 is 14.1 Å². The van der Waals surface area contributed by atoms with Crippen molar-refractivity contribution in [2.24, 2.45) is 0 Å². The fourth-order valence-electron chi connectivity index (χ4n) is 2.78. The largest absolute Gasteiger partial charge is 0.489 e. The van der Waals surface area contributed by atoms with Crippen molar-refractivity contribution in [1.29, 1.82) is 0 Å². The Morgan fingerprint density at radius 3 is 2.35 bits per heavy atom. The monoisotopic (exact) mass is 347 g/mol. The van der Waals surface area contributed by atoms with E-state index in [9.17, 15) is 4.79 Å². The smallest absolute Gasteiger partial charge is 0.290 e. The Balaban J connectivity index is 1.97. The van der Waals surface area contributed by atoms with E-state index in [0.717, 1.165) is 16.7 Å². The summed E-state index contributed by atoms with van der Waals surface area (Å²) in [7, 11) is 0. The summed E-state index contributed by atoms with van der Waals surface area (Å²) >= 11 is 0. The molecule has 0 aliphatic rings. The normalized spacial score (nSPS) is 10.5. The first-order valence-electron chi connectivity index (χ1n) is 8.44. The summed E-state index contributed by atoms with van der Waals surface area (Å²) in [6, 6.07) is 17.1. The molecule has 26 heavy (non-hydrogen) atoms. The summed E-state index contributed by atoms with van der Waals surface area (Å²) in [4.78, 5) is 14.6. The van der Waals surface area contributed by atoms with Crippen molar-refractivity contribution in [1.82, 2.24) is 4.90 Å². The fraction of sp³-hybridized carbons (Fsp3) is 0.136. The molecule has 0 N–H and O–H groups in total. The standard InChI is InChI=1S/C22H21NO3/c1-3-14-23(15-4-2)22(24)21-19(16-25-17-10-6-5-7-11-17)18-12-8-9-13-20(18)26-21/h3-13H,1-2,14-16H2. The Hall–Kier alpha value is -3.27. The van der Waals surface area contributed by atoms with Gasteiger partial charge in [-0.3, -0.25) is 4.79 Å². The number of fused-ring (bicyclic) bond motifs is 1. The maximum atomic E-state index is 13.0. The van der Waals surface area contributed by atoms with Gasteiger partial charge in [-0.2, -0.15) is 0 Å². The molecule has 3 aromatic rings. The SMILES string of the molecule is C=CCN(CC=C)C(=O)c1oc2ccccc2c1COc1ccccc1. The summed E-state index contributed by atoms with van der Waals surface area (Å²) in [6.45, 7) is 8.52. The van der Waals surface area contributed by atoms with Gasteiger partial charge in [-0.25, -0.2) is 0 Å². The van der Waals surface area contributed by atoms with Gasteiger partial charge in [-0.05, 0) is 18.2 Å². The first-order chi connectivity index (χ1) is 12.7. The van der Waals surface area contributed by atoms with Crippen molar-refractivity contribution >= 4 is 16.9 Å². The fourth-order valence-corrected chi connectivity index (χ4v) is 2.78. The van der Waals surface area contributed by atoms with Gasteiger partial charge in [-0.1, -0.05) is 48.6 Å². The number of rotatable bonds is 8. The number of amides is 1. The minimum atomic E-state index is -0.201. The van der Waals surface area contributed by atoms with Gasteiger partial charge in [0, 0.05) is 24.0 Å². The molecule has 1 aromatic heterocycles. The highest BCUT2D eigenvalue weighted by Crippen LogP contribution is 2.28.